The average molecular weight is 467 g/mol. The molecular formula is C26H21F4N3O. The maximum Gasteiger partial charge on any atom is 0.416 e. The fourth-order valence-corrected chi connectivity index (χ4v) is 3.89. The molecule has 0 radical (unpaired) electrons. The summed E-state index contributed by atoms with van der Waals surface area (Å²) in [6, 6.07) is 14.8. The van der Waals surface area contributed by atoms with E-state index in [4.69, 9.17) is 0 Å². The first-order valence-electron chi connectivity index (χ1n) is 10.5. The highest BCUT2D eigenvalue weighted by molar-refractivity contribution is 6.04. The van der Waals surface area contributed by atoms with Crippen molar-refractivity contribution in [1.82, 2.24) is 9.97 Å². The lowest BCUT2D eigenvalue weighted by Gasteiger charge is -2.13. The number of alkyl halides is 3. The van der Waals surface area contributed by atoms with Gasteiger partial charge in [0.15, 0.2) is 0 Å². The number of anilines is 1. The molecule has 34 heavy (non-hydrogen) atoms. The maximum atomic E-state index is 14.8. The molecule has 4 nitrogen and oxygen atoms in total. The van der Waals surface area contributed by atoms with E-state index in [2.05, 4.69) is 15.3 Å². The fraction of sp³-hybridized carbons (Fsp3) is 0.154. The number of carbonyl (C=O) groups is 1. The normalized spacial score (nSPS) is 11.5. The number of benzene rings is 3. The summed E-state index contributed by atoms with van der Waals surface area (Å²) in [6.07, 6.45) is -4.52. The van der Waals surface area contributed by atoms with Crippen LogP contribution in [-0.2, 0) is 6.18 Å². The topological polar surface area (TPSA) is 57.8 Å². The van der Waals surface area contributed by atoms with Crippen molar-refractivity contribution in [2.75, 3.05) is 5.32 Å². The Morgan fingerprint density at radius 1 is 0.941 bits per heavy atom. The second kappa shape index (κ2) is 8.78. The average Bonchev–Trinajstić information content (AvgIpc) is 3.16. The number of carbonyl (C=O) groups excluding carboxylic acids is 1. The molecule has 174 valence electrons. The van der Waals surface area contributed by atoms with E-state index in [1.807, 2.05) is 31.2 Å². The van der Waals surface area contributed by atoms with Crippen LogP contribution < -0.4 is 5.32 Å². The largest absolute Gasteiger partial charge is 0.416 e. The van der Waals surface area contributed by atoms with Crippen molar-refractivity contribution < 1.29 is 22.4 Å². The highest BCUT2D eigenvalue weighted by Gasteiger charge is 2.30. The van der Waals surface area contributed by atoms with Gasteiger partial charge in [0.05, 0.1) is 5.56 Å². The van der Waals surface area contributed by atoms with E-state index in [0.717, 1.165) is 23.3 Å². The molecular weight excluding hydrogens is 446 g/mol. The number of hydrogen-bond donors (Lipinski definition) is 2. The number of aromatic amines is 1. The molecule has 0 saturated carbocycles. The van der Waals surface area contributed by atoms with Gasteiger partial charge in [-0.05, 0) is 67.8 Å². The Labute approximate surface area is 193 Å². The predicted molar refractivity (Wildman–Crippen MR) is 123 cm³/mol. The summed E-state index contributed by atoms with van der Waals surface area (Å²) in [7, 11) is 0. The Balaban J connectivity index is 1.69. The van der Waals surface area contributed by atoms with E-state index < -0.39 is 17.6 Å². The zero-order chi connectivity index (χ0) is 24.6. The van der Waals surface area contributed by atoms with Crippen molar-refractivity contribution in [1.29, 1.82) is 0 Å². The van der Waals surface area contributed by atoms with E-state index in [9.17, 15) is 22.4 Å². The fourth-order valence-electron chi connectivity index (χ4n) is 3.89. The highest BCUT2D eigenvalue weighted by Crippen LogP contribution is 2.35. The lowest BCUT2D eigenvalue weighted by Crippen LogP contribution is -2.14. The van der Waals surface area contributed by atoms with Gasteiger partial charge in [-0.2, -0.15) is 13.2 Å². The Morgan fingerprint density at radius 2 is 1.68 bits per heavy atom. The summed E-state index contributed by atoms with van der Waals surface area (Å²) >= 11 is 0. The number of halogens is 4. The SMILES string of the molecule is Cc1ccccc1-c1c(F)ccc(-c2nc(C(=O)Nc3cccc(C(F)(F)F)c3)c(C)[nH]2)c1C. The van der Waals surface area contributed by atoms with Crippen molar-refractivity contribution in [3.8, 4) is 22.5 Å². The number of imidazole rings is 1. The van der Waals surface area contributed by atoms with Crippen LogP contribution in [0.3, 0.4) is 0 Å². The molecule has 0 aliphatic heterocycles. The molecule has 4 rings (SSSR count). The number of nitrogens with one attached hydrogen (secondary N) is 2. The third-order valence-corrected chi connectivity index (χ3v) is 5.63. The summed E-state index contributed by atoms with van der Waals surface area (Å²) in [5.41, 5.74) is 2.98. The van der Waals surface area contributed by atoms with Crippen LogP contribution >= 0.6 is 0 Å². The minimum Gasteiger partial charge on any atom is -0.341 e. The summed E-state index contributed by atoms with van der Waals surface area (Å²) < 4.78 is 53.7. The van der Waals surface area contributed by atoms with Crippen LogP contribution in [0.25, 0.3) is 22.5 Å². The number of H-pyrrole nitrogens is 1. The van der Waals surface area contributed by atoms with Crippen molar-refractivity contribution in [3.05, 3.63) is 94.6 Å². The summed E-state index contributed by atoms with van der Waals surface area (Å²) in [5, 5.41) is 2.46. The lowest BCUT2D eigenvalue weighted by atomic mass is 9.93. The van der Waals surface area contributed by atoms with E-state index in [1.54, 1.807) is 19.9 Å². The quantitative estimate of drug-likeness (QED) is 0.315. The van der Waals surface area contributed by atoms with E-state index in [-0.39, 0.29) is 17.2 Å². The van der Waals surface area contributed by atoms with E-state index >= 15 is 0 Å². The molecule has 1 aromatic heterocycles. The molecule has 1 heterocycles. The van der Waals surface area contributed by atoms with Crippen LogP contribution in [0.5, 0.6) is 0 Å². The molecule has 4 aromatic rings. The standard InChI is InChI=1S/C26H21F4N3O/c1-14-7-4-5-10-19(14)22-15(2)20(11-12-21(22)27)24-31-16(3)23(33-24)25(34)32-18-9-6-8-17(13-18)26(28,29)30/h4-13H,1-3H3,(H,31,33)(H,32,34). The first kappa shape index (κ1) is 23.2. The lowest BCUT2D eigenvalue weighted by molar-refractivity contribution is -0.137. The number of nitrogens with zero attached hydrogens (tertiary/aromatic N) is 1. The van der Waals surface area contributed by atoms with Gasteiger partial charge in [0.25, 0.3) is 5.91 Å². The van der Waals surface area contributed by atoms with Gasteiger partial charge in [0.2, 0.25) is 0 Å². The highest BCUT2D eigenvalue weighted by atomic mass is 19.4. The summed E-state index contributed by atoms with van der Waals surface area (Å²) in [4.78, 5) is 20.2. The molecule has 8 heteroatoms. The minimum absolute atomic E-state index is 0.00331. The summed E-state index contributed by atoms with van der Waals surface area (Å²) in [5.74, 6) is -0.668. The molecule has 0 fully saturated rings. The first-order chi connectivity index (χ1) is 16.1. The molecule has 3 aromatic carbocycles. The third-order valence-electron chi connectivity index (χ3n) is 5.63. The molecule has 0 saturated heterocycles. The van der Waals surface area contributed by atoms with Crippen molar-refractivity contribution in [3.63, 3.8) is 0 Å². The van der Waals surface area contributed by atoms with Gasteiger partial charge >= 0.3 is 6.18 Å². The van der Waals surface area contributed by atoms with Crippen LogP contribution in [0.2, 0.25) is 0 Å². The molecule has 1 amide bonds. The maximum absolute atomic E-state index is 14.8. The van der Waals surface area contributed by atoms with Gasteiger partial charge in [-0.1, -0.05) is 30.3 Å². The molecule has 0 bridgehead atoms. The van der Waals surface area contributed by atoms with Gasteiger partial charge in [0.1, 0.15) is 17.3 Å². The second-order valence-corrected chi connectivity index (χ2v) is 8.00. The predicted octanol–water partition coefficient (Wildman–Crippen LogP) is 7.08. The van der Waals surface area contributed by atoms with Crippen molar-refractivity contribution in [2.45, 2.75) is 26.9 Å². The smallest absolute Gasteiger partial charge is 0.341 e. The molecule has 0 spiro atoms. The van der Waals surface area contributed by atoms with Gasteiger partial charge < -0.3 is 10.3 Å². The Kier molecular flexibility index (Phi) is 6.00. The van der Waals surface area contributed by atoms with Crippen molar-refractivity contribution >= 4 is 11.6 Å². The van der Waals surface area contributed by atoms with Crippen LogP contribution in [0.1, 0.15) is 32.9 Å². The van der Waals surface area contributed by atoms with Crippen LogP contribution in [-0.4, -0.2) is 15.9 Å². The molecule has 0 atom stereocenters. The minimum atomic E-state index is -4.52. The number of aryl methyl sites for hydroxylation is 2. The van der Waals surface area contributed by atoms with E-state index in [1.165, 1.54) is 18.2 Å². The van der Waals surface area contributed by atoms with Crippen LogP contribution in [0.15, 0.2) is 60.7 Å². The van der Waals surface area contributed by atoms with Crippen molar-refractivity contribution in [2.24, 2.45) is 0 Å². The number of hydrogen-bond acceptors (Lipinski definition) is 2. The van der Waals surface area contributed by atoms with Crippen LogP contribution in [0.4, 0.5) is 23.2 Å². The first-order valence-corrected chi connectivity index (χ1v) is 10.5. The van der Waals surface area contributed by atoms with Gasteiger partial charge in [0, 0.05) is 22.5 Å². The Hall–Kier alpha value is -3.94. The number of amides is 1. The van der Waals surface area contributed by atoms with Gasteiger partial charge in [-0.15, -0.1) is 0 Å². The number of aromatic nitrogens is 2. The van der Waals surface area contributed by atoms with Gasteiger partial charge in [-0.3, -0.25) is 4.79 Å². The van der Waals surface area contributed by atoms with Crippen LogP contribution in [0, 0.1) is 26.6 Å². The van der Waals surface area contributed by atoms with Gasteiger partial charge in [-0.25, -0.2) is 9.37 Å². The third kappa shape index (κ3) is 4.44. The second-order valence-electron chi connectivity index (χ2n) is 8.00. The Morgan fingerprint density at radius 3 is 2.38 bits per heavy atom. The zero-order valence-electron chi connectivity index (χ0n) is 18.6. The molecule has 0 unspecified atom stereocenters. The number of rotatable bonds is 4. The summed E-state index contributed by atoms with van der Waals surface area (Å²) in [6.45, 7) is 5.31. The monoisotopic (exact) mass is 467 g/mol. The van der Waals surface area contributed by atoms with E-state index in [0.29, 0.717) is 28.2 Å². The zero-order valence-corrected chi connectivity index (χ0v) is 18.6. The molecule has 0 aliphatic rings. The molecule has 0 aliphatic carbocycles. The molecule has 2 N–H and O–H groups in total. The Bertz CT molecular complexity index is 1390.